The van der Waals surface area contributed by atoms with E-state index in [1.165, 1.54) is 23.2 Å². The topological polar surface area (TPSA) is 29.3 Å². The molecule has 1 heterocycles. The fraction of sp³-hybridized carbons (Fsp3) is 0.294. The van der Waals surface area contributed by atoms with Crippen LogP contribution in [0.4, 0.5) is 5.69 Å². The van der Waals surface area contributed by atoms with E-state index in [2.05, 4.69) is 59.5 Å². The van der Waals surface area contributed by atoms with Crippen LogP contribution in [0.15, 0.2) is 54.6 Å². The van der Waals surface area contributed by atoms with E-state index in [0.29, 0.717) is 6.04 Å². The Morgan fingerprint density at radius 3 is 2.47 bits per heavy atom. The summed E-state index contributed by atoms with van der Waals surface area (Å²) in [4.78, 5) is 2.43. The second-order valence-corrected chi connectivity index (χ2v) is 5.23. The van der Waals surface area contributed by atoms with Crippen molar-refractivity contribution in [2.24, 2.45) is 5.73 Å². The van der Waals surface area contributed by atoms with E-state index < -0.39 is 0 Å². The highest BCUT2D eigenvalue weighted by atomic mass is 15.2. The van der Waals surface area contributed by atoms with Crippen LogP contribution in [0.25, 0.3) is 11.1 Å². The van der Waals surface area contributed by atoms with Crippen LogP contribution in [0.2, 0.25) is 0 Å². The van der Waals surface area contributed by atoms with E-state index >= 15 is 0 Å². The zero-order valence-corrected chi connectivity index (χ0v) is 11.1. The Bertz CT molecular complexity index is 536. The van der Waals surface area contributed by atoms with Crippen LogP contribution in [0.3, 0.4) is 0 Å². The smallest absolute Gasteiger partial charge is 0.0446 e. The molecule has 1 aliphatic heterocycles. The Morgan fingerprint density at radius 2 is 1.68 bits per heavy atom. The predicted octanol–water partition coefficient (Wildman–Crippen LogP) is 3.28. The highest BCUT2D eigenvalue weighted by molar-refractivity contribution is 5.78. The summed E-state index contributed by atoms with van der Waals surface area (Å²) in [6.45, 7) is 2.07. The summed E-state index contributed by atoms with van der Waals surface area (Å²) in [6, 6.07) is 19.5. The zero-order valence-electron chi connectivity index (χ0n) is 11.1. The largest absolute Gasteiger partial charge is 0.369 e. The monoisotopic (exact) mass is 252 g/mol. The number of rotatable bonds is 2. The fourth-order valence-electron chi connectivity index (χ4n) is 2.84. The summed E-state index contributed by atoms with van der Waals surface area (Å²) in [5, 5.41) is 0. The van der Waals surface area contributed by atoms with Crippen molar-refractivity contribution in [3.05, 3.63) is 54.6 Å². The Balaban J connectivity index is 1.98. The molecule has 1 fully saturated rings. The Morgan fingerprint density at radius 1 is 0.947 bits per heavy atom. The van der Waals surface area contributed by atoms with Gasteiger partial charge in [-0.25, -0.2) is 0 Å². The first-order chi connectivity index (χ1) is 9.34. The SMILES string of the molecule is NC1CCCN(c2ccccc2-c2ccccc2)C1. The number of piperidine rings is 1. The van der Waals surface area contributed by atoms with E-state index in [1.807, 2.05) is 0 Å². The molecule has 0 aliphatic carbocycles. The molecule has 1 atom stereocenters. The van der Waals surface area contributed by atoms with Crippen molar-refractivity contribution < 1.29 is 0 Å². The lowest BCUT2D eigenvalue weighted by atomic mass is 10.00. The number of benzene rings is 2. The average Bonchev–Trinajstić information content (AvgIpc) is 2.48. The van der Waals surface area contributed by atoms with Gasteiger partial charge in [0.1, 0.15) is 0 Å². The van der Waals surface area contributed by atoms with Gasteiger partial charge in [-0.05, 0) is 24.5 Å². The summed E-state index contributed by atoms with van der Waals surface area (Å²) < 4.78 is 0. The van der Waals surface area contributed by atoms with Gasteiger partial charge < -0.3 is 10.6 Å². The number of nitrogens with zero attached hydrogens (tertiary/aromatic N) is 1. The lowest BCUT2D eigenvalue weighted by molar-refractivity contribution is 0.506. The Kier molecular flexibility index (Phi) is 3.51. The maximum atomic E-state index is 6.11. The van der Waals surface area contributed by atoms with Gasteiger partial charge in [-0.2, -0.15) is 0 Å². The van der Waals surface area contributed by atoms with Crippen molar-refractivity contribution >= 4 is 5.69 Å². The van der Waals surface area contributed by atoms with Crippen LogP contribution >= 0.6 is 0 Å². The molecule has 2 aromatic carbocycles. The molecule has 19 heavy (non-hydrogen) atoms. The second-order valence-electron chi connectivity index (χ2n) is 5.23. The predicted molar refractivity (Wildman–Crippen MR) is 81.3 cm³/mol. The van der Waals surface area contributed by atoms with E-state index in [4.69, 9.17) is 5.73 Å². The molecular weight excluding hydrogens is 232 g/mol. The van der Waals surface area contributed by atoms with Crippen LogP contribution < -0.4 is 10.6 Å². The van der Waals surface area contributed by atoms with Crippen molar-refractivity contribution in [3.8, 4) is 11.1 Å². The minimum Gasteiger partial charge on any atom is -0.369 e. The first kappa shape index (κ1) is 12.2. The molecule has 1 unspecified atom stereocenters. The van der Waals surface area contributed by atoms with Gasteiger partial charge >= 0.3 is 0 Å². The summed E-state index contributed by atoms with van der Waals surface area (Å²) in [6.07, 6.45) is 2.33. The van der Waals surface area contributed by atoms with E-state index in [9.17, 15) is 0 Å². The van der Waals surface area contributed by atoms with Crippen LogP contribution in [0.1, 0.15) is 12.8 Å². The van der Waals surface area contributed by atoms with Crippen LogP contribution in [-0.2, 0) is 0 Å². The van der Waals surface area contributed by atoms with E-state index in [-0.39, 0.29) is 0 Å². The van der Waals surface area contributed by atoms with E-state index in [1.54, 1.807) is 0 Å². The molecule has 2 aromatic rings. The Hall–Kier alpha value is -1.80. The minimum absolute atomic E-state index is 0.303. The molecule has 0 radical (unpaired) electrons. The molecule has 2 N–H and O–H groups in total. The van der Waals surface area contributed by atoms with Gasteiger partial charge in [-0.15, -0.1) is 0 Å². The molecule has 2 heteroatoms. The highest BCUT2D eigenvalue weighted by Crippen LogP contribution is 2.31. The number of nitrogens with two attached hydrogens (primary N) is 1. The first-order valence-electron chi connectivity index (χ1n) is 6.99. The van der Waals surface area contributed by atoms with Crippen molar-refractivity contribution in [1.29, 1.82) is 0 Å². The van der Waals surface area contributed by atoms with Crippen molar-refractivity contribution in [3.63, 3.8) is 0 Å². The maximum absolute atomic E-state index is 6.11. The minimum atomic E-state index is 0.303. The molecular formula is C17H20N2. The molecule has 3 rings (SSSR count). The lowest BCUT2D eigenvalue weighted by Gasteiger charge is -2.34. The number of para-hydroxylation sites is 1. The molecule has 1 saturated heterocycles. The van der Waals surface area contributed by atoms with Crippen molar-refractivity contribution in [1.82, 2.24) is 0 Å². The van der Waals surface area contributed by atoms with Crippen LogP contribution in [0, 0.1) is 0 Å². The number of hydrogen-bond donors (Lipinski definition) is 1. The fourth-order valence-corrected chi connectivity index (χ4v) is 2.84. The van der Waals surface area contributed by atoms with Gasteiger partial charge in [-0.3, -0.25) is 0 Å². The second kappa shape index (κ2) is 5.45. The standard InChI is InChI=1S/C17H20N2/c18-15-9-6-12-19(13-15)17-11-5-4-10-16(17)14-7-2-1-3-8-14/h1-5,7-8,10-11,15H,6,9,12-13,18H2. The Labute approximate surface area is 114 Å². The van der Waals surface area contributed by atoms with Crippen LogP contribution in [-0.4, -0.2) is 19.1 Å². The zero-order chi connectivity index (χ0) is 13.1. The van der Waals surface area contributed by atoms with Crippen LogP contribution in [0.5, 0.6) is 0 Å². The van der Waals surface area contributed by atoms with Gasteiger partial charge in [-0.1, -0.05) is 48.5 Å². The summed E-state index contributed by atoms with van der Waals surface area (Å²) in [5.41, 5.74) is 10.00. The molecule has 0 amide bonds. The summed E-state index contributed by atoms with van der Waals surface area (Å²) >= 11 is 0. The molecule has 0 saturated carbocycles. The molecule has 98 valence electrons. The first-order valence-corrected chi connectivity index (χ1v) is 6.99. The third kappa shape index (κ3) is 2.64. The van der Waals surface area contributed by atoms with Gasteiger partial charge in [0.2, 0.25) is 0 Å². The molecule has 0 bridgehead atoms. The molecule has 1 aliphatic rings. The number of hydrogen-bond acceptors (Lipinski definition) is 2. The summed E-state index contributed by atoms with van der Waals surface area (Å²) in [5.74, 6) is 0. The molecule has 0 aromatic heterocycles. The third-order valence-corrected chi connectivity index (χ3v) is 3.79. The quantitative estimate of drug-likeness (QED) is 0.888. The van der Waals surface area contributed by atoms with Gasteiger partial charge in [0.15, 0.2) is 0 Å². The average molecular weight is 252 g/mol. The van der Waals surface area contributed by atoms with Crippen molar-refractivity contribution in [2.45, 2.75) is 18.9 Å². The van der Waals surface area contributed by atoms with Gasteiger partial charge in [0, 0.05) is 30.4 Å². The third-order valence-electron chi connectivity index (χ3n) is 3.79. The summed E-state index contributed by atoms with van der Waals surface area (Å²) in [7, 11) is 0. The van der Waals surface area contributed by atoms with Gasteiger partial charge in [0.25, 0.3) is 0 Å². The van der Waals surface area contributed by atoms with Gasteiger partial charge in [0.05, 0.1) is 0 Å². The lowest BCUT2D eigenvalue weighted by Crippen LogP contribution is -2.43. The maximum Gasteiger partial charge on any atom is 0.0446 e. The normalized spacial score (nSPS) is 19.4. The molecule has 2 nitrogen and oxygen atoms in total. The highest BCUT2D eigenvalue weighted by Gasteiger charge is 2.19. The van der Waals surface area contributed by atoms with Crippen molar-refractivity contribution in [2.75, 3.05) is 18.0 Å². The number of anilines is 1. The molecule has 0 spiro atoms. The van der Waals surface area contributed by atoms with E-state index in [0.717, 1.165) is 19.5 Å².